The van der Waals surface area contributed by atoms with Crippen LogP contribution in [0.3, 0.4) is 0 Å². The second-order valence-electron chi connectivity index (χ2n) is 3.36. The van der Waals surface area contributed by atoms with Crippen LogP contribution in [0.5, 0.6) is 0 Å². The topological polar surface area (TPSA) is 44.5 Å². The summed E-state index contributed by atoms with van der Waals surface area (Å²) in [6.07, 6.45) is 3.40. The molecular weight excluding hydrogens is 130 g/mol. The van der Waals surface area contributed by atoms with Crippen molar-refractivity contribution in [3.8, 4) is 0 Å². The lowest BCUT2D eigenvalue weighted by Gasteiger charge is -2.29. The van der Waals surface area contributed by atoms with Crippen molar-refractivity contribution < 1.29 is 9.78 Å². The molecule has 1 aliphatic heterocycles. The smallest absolute Gasteiger partial charge is 0.116 e. The Bertz CT molecular complexity index is 136. The Morgan fingerprint density at radius 3 is 3.20 bits per heavy atom. The minimum Gasteiger partial charge on any atom is -0.328 e. The van der Waals surface area contributed by atoms with E-state index >= 15 is 0 Å². The molecule has 2 bridgehead atoms. The van der Waals surface area contributed by atoms with Gasteiger partial charge in [0.05, 0.1) is 6.61 Å². The minimum atomic E-state index is -0.108. The Hall–Kier alpha value is -0.120. The summed E-state index contributed by atoms with van der Waals surface area (Å²) in [5.41, 5.74) is 5.46. The normalized spacial score (nSPS) is 45.9. The van der Waals surface area contributed by atoms with Gasteiger partial charge in [0.15, 0.2) is 0 Å². The molecule has 0 amide bonds. The predicted octanol–water partition coefficient (Wildman–Crippen LogP) is 0.446. The third kappa shape index (κ3) is 0.856. The Kier molecular flexibility index (Phi) is 1.44. The molecule has 0 aromatic heterocycles. The molecule has 2 rings (SSSR count). The molecule has 2 atom stereocenters. The van der Waals surface area contributed by atoms with Crippen LogP contribution in [0, 0.1) is 5.92 Å². The van der Waals surface area contributed by atoms with Crippen molar-refractivity contribution in [2.45, 2.75) is 24.9 Å². The number of hydrogen-bond acceptors (Lipinski definition) is 3. The molecule has 1 heterocycles. The van der Waals surface area contributed by atoms with E-state index in [4.69, 9.17) is 15.5 Å². The summed E-state index contributed by atoms with van der Waals surface area (Å²) in [5.74, 6) is 0.706. The minimum absolute atomic E-state index is 0.108. The lowest BCUT2D eigenvalue weighted by Crippen LogP contribution is -2.41. The van der Waals surface area contributed by atoms with Gasteiger partial charge in [0.25, 0.3) is 0 Å². The van der Waals surface area contributed by atoms with Crippen LogP contribution < -0.4 is 5.73 Å². The molecule has 1 aliphatic carbocycles. The van der Waals surface area contributed by atoms with Crippen molar-refractivity contribution in [3.05, 3.63) is 0 Å². The zero-order valence-electron chi connectivity index (χ0n) is 6.01. The fourth-order valence-corrected chi connectivity index (χ4v) is 1.89. The number of fused-ring (bicyclic) bond motifs is 2. The van der Waals surface area contributed by atoms with Gasteiger partial charge in [-0.15, -0.1) is 0 Å². The van der Waals surface area contributed by atoms with E-state index < -0.39 is 0 Å². The lowest BCUT2D eigenvalue weighted by atomic mass is 10.0. The van der Waals surface area contributed by atoms with E-state index in [-0.39, 0.29) is 5.60 Å². The zero-order valence-corrected chi connectivity index (χ0v) is 6.01. The molecule has 3 heteroatoms. The molecule has 10 heavy (non-hydrogen) atoms. The molecule has 3 nitrogen and oxygen atoms in total. The van der Waals surface area contributed by atoms with E-state index in [1.807, 2.05) is 0 Å². The molecule has 2 aliphatic rings. The first-order chi connectivity index (χ1) is 4.85. The number of nitrogens with two attached hydrogens (primary N) is 1. The van der Waals surface area contributed by atoms with Gasteiger partial charge in [0.2, 0.25) is 0 Å². The Labute approximate surface area is 60.4 Å². The van der Waals surface area contributed by atoms with Gasteiger partial charge in [0, 0.05) is 6.54 Å². The number of hydrogen-bond donors (Lipinski definition) is 1. The second kappa shape index (κ2) is 2.19. The summed E-state index contributed by atoms with van der Waals surface area (Å²) in [6.45, 7) is 1.37. The summed E-state index contributed by atoms with van der Waals surface area (Å²) in [4.78, 5) is 10.2. The van der Waals surface area contributed by atoms with Crippen LogP contribution in [0.15, 0.2) is 0 Å². The van der Waals surface area contributed by atoms with Crippen molar-refractivity contribution in [1.82, 2.24) is 0 Å². The van der Waals surface area contributed by atoms with Gasteiger partial charge in [-0.25, -0.2) is 9.78 Å². The molecule has 1 saturated carbocycles. The summed E-state index contributed by atoms with van der Waals surface area (Å²) >= 11 is 0. The van der Waals surface area contributed by atoms with Crippen LogP contribution >= 0.6 is 0 Å². The van der Waals surface area contributed by atoms with Gasteiger partial charge in [0.1, 0.15) is 5.60 Å². The highest BCUT2D eigenvalue weighted by Gasteiger charge is 2.43. The fourth-order valence-electron chi connectivity index (χ4n) is 1.89. The maximum absolute atomic E-state index is 5.57. The molecule has 0 aromatic carbocycles. The van der Waals surface area contributed by atoms with Gasteiger partial charge >= 0.3 is 0 Å². The third-order valence-electron chi connectivity index (χ3n) is 2.58. The summed E-state index contributed by atoms with van der Waals surface area (Å²) in [7, 11) is 0. The highest BCUT2D eigenvalue weighted by atomic mass is 17.2. The molecule has 1 saturated heterocycles. The summed E-state index contributed by atoms with van der Waals surface area (Å²) < 4.78 is 0. The SMILES string of the molecule is NCC12CCC(COO1)C2. The van der Waals surface area contributed by atoms with E-state index in [0.29, 0.717) is 12.5 Å². The van der Waals surface area contributed by atoms with Gasteiger partial charge < -0.3 is 5.73 Å². The van der Waals surface area contributed by atoms with Crippen LogP contribution in [0.2, 0.25) is 0 Å². The van der Waals surface area contributed by atoms with E-state index in [1.165, 1.54) is 6.42 Å². The van der Waals surface area contributed by atoms with Gasteiger partial charge in [-0.2, -0.15) is 0 Å². The molecule has 2 unspecified atom stereocenters. The van der Waals surface area contributed by atoms with Crippen LogP contribution in [0.4, 0.5) is 0 Å². The summed E-state index contributed by atoms with van der Waals surface area (Å²) in [5, 5.41) is 0. The summed E-state index contributed by atoms with van der Waals surface area (Å²) in [6, 6.07) is 0. The van der Waals surface area contributed by atoms with Crippen molar-refractivity contribution in [1.29, 1.82) is 0 Å². The second-order valence-corrected chi connectivity index (χ2v) is 3.36. The van der Waals surface area contributed by atoms with Crippen molar-refractivity contribution in [2.75, 3.05) is 13.2 Å². The maximum Gasteiger partial charge on any atom is 0.116 e. The molecule has 58 valence electrons. The average Bonchev–Trinajstić information content (AvgIpc) is 2.29. The maximum atomic E-state index is 5.57. The molecule has 2 fully saturated rings. The molecule has 0 radical (unpaired) electrons. The molecule has 0 aromatic rings. The van der Waals surface area contributed by atoms with E-state index in [1.54, 1.807) is 0 Å². The van der Waals surface area contributed by atoms with Gasteiger partial charge in [-0.1, -0.05) is 0 Å². The largest absolute Gasteiger partial charge is 0.328 e. The molecule has 0 spiro atoms. The highest BCUT2D eigenvalue weighted by molar-refractivity contribution is 4.92. The van der Waals surface area contributed by atoms with Crippen LogP contribution in [-0.4, -0.2) is 18.8 Å². The average molecular weight is 143 g/mol. The number of rotatable bonds is 1. The zero-order chi connectivity index (χ0) is 7.03. The van der Waals surface area contributed by atoms with Gasteiger partial charge in [-0.3, -0.25) is 0 Å². The van der Waals surface area contributed by atoms with E-state index in [9.17, 15) is 0 Å². The van der Waals surface area contributed by atoms with Crippen LogP contribution in [-0.2, 0) is 9.78 Å². The van der Waals surface area contributed by atoms with Crippen LogP contribution in [0.25, 0.3) is 0 Å². The Morgan fingerprint density at radius 2 is 2.50 bits per heavy atom. The first-order valence-corrected chi connectivity index (χ1v) is 3.85. The van der Waals surface area contributed by atoms with Crippen molar-refractivity contribution >= 4 is 0 Å². The predicted molar refractivity (Wildman–Crippen MR) is 36.2 cm³/mol. The van der Waals surface area contributed by atoms with Gasteiger partial charge in [-0.05, 0) is 25.2 Å². The third-order valence-corrected chi connectivity index (χ3v) is 2.58. The first-order valence-electron chi connectivity index (χ1n) is 3.85. The fraction of sp³-hybridized carbons (Fsp3) is 1.00. The Balaban J connectivity index is 2.10. The van der Waals surface area contributed by atoms with E-state index in [2.05, 4.69) is 0 Å². The Morgan fingerprint density at radius 1 is 1.60 bits per heavy atom. The van der Waals surface area contributed by atoms with Crippen LogP contribution in [0.1, 0.15) is 19.3 Å². The van der Waals surface area contributed by atoms with Crippen molar-refractivity contribution in [2.24, 2.45) is 11.7 Å². The quantitative estimate of drug-likeness (QED) is 0.542. The van der Waals surface area contributed by atoms with E-state index in [0.717, 1.165) is 19.4 Å². The molecular formula is C7H13NO2. The molecule has 2 N–H and O–H groups in total. The lowest BCUT2D eigenvalue weighted by molar-refractivity contribution is -0.377. The first kappa shape index (κ1) is 6.58. The van der Waals surface area contributed by atoms with Crippen molar-refractivity contribution in [3.63, 3.8) is 0 Å². The highest BCUT2D eigenvalue weighted by Crippen LogP contribution is 2.40. The monoisotopic (exact) mass is 143 g/mol. The standard InChI is InChI=1S/C7H13NO2/c8-5-7-2-1-6(3-7)4-9-10-7/h6H,1-5,8H2.